The number of rotatable bonds is 4. The van der Waals surface area contributed by atoms with Crippen molar-refractivity contribution in [2.75, 3.05) is 0 Å². The fourth-order valence-corrected chi connectivity index (χ4v) is 2.36. The second-order valence-electron chi connectivity index (χ2n) is 5.55. The lowest BCUT2D eigenvalue weighted by atomic mass is 9.97. The lowest BCUT2D eigenvalue weighted by Gasteiger charge is -2.09. The molecule has 0 amide bonds. The quantitative estimate of drug-likeness (QED) is 0.728. The van der Waals surface area contributed by atoms with Crippen LogP contribution in [0.3, 0.4) is 0 Å². The summed E-state index contributed by atoms with van der Waals surface area (Å²) < 4.78 is 0. The van der Waals surface area contributed by atoms with E-state index in [0.29, 0.717) is 0 Å². The molecular formula is C20H27N. The molecule has 0 fully saturated rings. The van der Waals surface area contributed by atoms with Gasteiger partial charge in [0.05, 0.1) is 0 Å². The van der Waals surface area contributed by atoms with Gasteiger partial charge in [0.15, 0.2) is 0 Å². The standard InChI is InChI=1S/C20H27N/c1-7-17(19-11-9-15(5)13-16(19)6)10-12-18(14(3)4)20(21)8-2/h7-13H,21H2,1-6H3/b12-10-,17-7+,20-8-. The first-order valence-corrected chi connectivity index (χ1v) is 7.42. The predicted molar refractivity (Wildman–Crippen MR) is 95.0 cm³/mol. The lowest BCUT2D eigenvalue weighted by molar-refractivity contribution is 1.24. The summed E-state index contributed by atoms with van der Waals surface area (Å²) >= 11 is 0. The third kappa shape index (κ3) is 4.49. The Morgan fingerprint density at radius 3 is 2.14 bits per heavy atom. The van der Waals surface area contributed by atoms with Crippen molar-refractivity contribution in [2.24, 2.45) is 5.73 Å². The molecule has 1 rings (SSSR count). The average Bonchev–Trinajstić information content (AvgIpc) is 2.43. The Hall–Kier alpha value is -2.02. The van der Waals surface area contributed by atoms with Crippen LogP contribution in [0.5, 0.6) is 0 Å². The van der Waals surface area contributed by atoms with E-state index in [1.807, 2.05) is 13.0 Å². The van der Waals surface area contributed by atoms with Gasteiger partial charge in [0, 0.05) is 5.70 Å². The number of hydrogen-bond donors (Lipinski definition) is 1. The maximum absolute atomic E-state index is 6.07. The normalized spacial score (nSPS) is 12.9. The molecule has 1 aromatic rings. The number of nitrogens with two attached hydrogens (primary N) is 1. The van der Waals surface area contributed by atoms with E-state index in [9.17, 15) is 0 Å². The average molecular weight is 281 g/mol. The summed E-state index contributed by atoms with van der Waals surface area (Å²) in [7, 11) is 0. The van der Waals surface area contributed by atoms with Crippen molar-refractivity contribution in [1.29, 1.82) is 0 Å². The summed E-state index contributed by atoms with van der Waals surface area (Å²) in [4.78, 5) is 0. The summed E-state index contributed by atoms with van der Waals surface area (Å²) in [5.41, 5.74) is 14.3. The molecule has 0 aliphatic rings. The molecule has 0 saturated carbocycles. The molecule has 0 unspecified atom stereocenters. The molecule has 1 heteroatoms. The van der Waals surface area contributed by atoms with Gasteiger partial charge >= 0.3 is 0 Å². The van der Waals surface area contributed by atoms with Gasteiger partial charge in [-0.2, -0.15) is 0 Å². The van der Waals surface area contributed by atoms with E-state index in [1.54, 1.807) is 0 Å². The summed E-state index contributed by atoms with van der Waals surface area (Å²) in [6, 6.07) is 6.56. The molecule has 0 radical (unpaired) electrons. The first-order valence-electron chi connectivity index (χ1n) is 7.42. The Labute approximate surface area is 129 Å². The first-order chi connectivity index (χ1) is 9.90. The van der Waals surface area contributed by atoms with E-state index in [4.69, 9.17) is 5.73 Å². The van der Waals surface area contributed by atoms with Crippen LogP contribution in [-0.4, -0.2) is 0 Å². The molecule has 0 aliphatic heterocycles. The molecule has 0 heterocycles. The molecule has 0 aliphatic carbocycles. The third-order valence-corrected chi connectivity index (χ3v) is 3.59. The Bertz CT molecular complexity index is 621. The lowest BCUT2D eigenvalue weighted by Crippen LogP contribution is -2.00. The molecule has 21 heavy (non-hydrogen) atoms. The Balaban J connectivity index is 3.19. The van der Waals surface area contributed by atoms with Gasteiger partial charge in [-0.1, -0.05) is 53.6 Å². The van der Waals surface area contributed by atoms with E-state index < -0.39 is 0 Å². The van der Waals surface area contributed by atoms with Crippen LogP contribution in [-0.2, 0) is 0 Å². The van der Waals surface area contributed by atoms with Gasteiger partial charge in [-0.15, -0.1) is 0 Å². The maximum Gasteiger partial charge on any atom is 0.0343 e. The summed E-state index contributed by atoms with van der Waals surface area (Å²) in [5.74, 6) is 0. The van der Waals surface area contributed by atoms with Gasteiger partial charge in [0.1, 0.15) is 0 Å². The molecule has 112 valence electrons. The zero-order valence-electron chi connectivity index (χ0n) is 14.1. The van der Waals surface area contributed by atoms with E-state index in [-0.39, 0.29) is 0 Å². The van der Waals surface area contributed by atoms with Crippen molar-refractivity contribution in [3.63, 3.8) is 0 Å². The van der Waals surface area contributed by atoms with Crippen molar-refractivity contribution in [3.05, 3.63) is 76.0 Å². The number of aryl methyl sites for hydroxylation is 2. The Kier molecular flexibility index (Phi) is 6.23. The number of benzene rings is 1. The summed E-state index contributed by atoms with van der Waals surface area (Å²) in [6.07, 6.45) is 8.34. The van der Waals surface area contributed by atoms with Crippen LogP contribution in [0.2, 0.25) is 0 Å². The van der Waals surface area contributed by atoms with Crippen LogP contribution in [0.15, 0.2) is 59.3 Å². The zero-order valence-corrected chi connectivity index (χ0v) is 14.1. The molecule has 0 aromatic heterocycles. The van der Waals surface area contributed by atoms with Crippen molar-refractivity contribution in [3.8, 4) is 0 Å². The fraction of sp³-hybridized carbons (Fsp3) is 0.300. The minimum Gasteiger partial charge on any atom is -0.399 e. The topological polar surface area (TPSA) is 26.0 Å². The number of allylic oxidation sites excluding steroid dienone is 6. The van der Waals surface area contributed by atoms with Crippen LogP contribution in [0.1, 0.15) is 44.4 Å². The summed E-state index contributed by atoms with van der Waals surface area (Å²) in [5, 5.41) is 0. The predicted octanol–water partition coefficient (Wildman–Crippen LogP) is 5.46. The molecule has 0 atom stereocenters. The minimum atomic E-state index is 0.822. The second-order valence-corrected chi connectivity index (χ2v) is 5.55. The molecule has 0 saturated heterocycles. The zero-order chi connectivity index (χ0) is 16.0. The highest BCUT2D eigenvalue weighted by Crippen LogP contribution is 2.23. The van der Waals surface area contributed by atoms with Crippen molar-refractivity contribution >= 4 is 5.57 Å². The van der Waals surface area contributed by atoms with Crippen LogP contribution in [0, 0.1) is 13.8 Å². The van der Waals surface area contributed by atoms with Crippen molar-refractivity contribution < 1.29 is 0 Å². The smallest absolute Gasteiger partial charge is 0.0343 e. The van der Waals surface area contributed by atoms with Crippen LogP contribution in [0.4, 0.5) is 0 Å². The van der Waals surface area contributed by atoms with Gasteiger partial charge in [0.2, 0.25) is 0 Å². The van der Waals surface area contributed by atoms with Gasteiger partial charge in [0.25, 0.3) is 0 Å². The van der Waals surface area contributed by atoms with Gasteiger partial charge in [-0.25, -0.2) is 0 Å². The van der Waals surface area contributed by atoms with Crippen molar-refractivity contribution in [2.45, 2.75) is 41.5 Å². The van der Waals surface area contributed by atoms with Crippen LogP contribution in [0.25, 0.3) is 5.57 Å². The largest absolute Gasteiger partial charge is 0.399 e. The highest BCUT2D eigenvalue weighted by Gasteiger charge is 2.03. The monoisotopic (exact) mass is 281 g/mol. The highest BCUT2D eigenvalue weighted by atomic mass is 14.6. The van der Waals surface area contributed by atoms with Gasteiger partial charge < -0.3 is 5.73 Å². The molecule has 0 bridgehead atoms. The Morgan fingerprint density at radius 2 is 1.67 bits per heavy atom. The molecule has 1 aromatic carbocycles. The van der Waals surface area contributed by atoms with E-state index in [1.165, 1.54) is 27.8 Å². The molecule has 0 spiro atoms. The van der Waals surface area contributed by atoms with Crippen molar-refractivity contribution in [1.82, 2.24) is 0 Å². The second kappa shape index (κ2) is 7.68. The van der Waals surface area contributed by atoms with E-state index in [0.717, 1.165) is 11.3 Å². The fourth-order valence-electron chi connectivity index (χ4n) is 2.36. The van der Waals surface area contributed by atoms with Crippen LogP contribution < -0.4 is 5.73 Å². The molecular weight excluding hydrogens is 254 g/mol. The maximum atomic E-state index is 6.07. The SMILES string of the molecule is C/C=C(\N)C(/C=C\C(=C/C)c1ccc(C)cc1C)=C(C)C. The Morgan fingerprint density at radius 1 is 1.00 bits per heavy atom. The number of hydrogen-bond acceptors (Lipinski definition) is 1. The van der Waals surface area contributed by atoms with Crippen LogP contribution >= 0.6 is 0 Å². The van der Waals surface area contributed by atoms with Gasteiger partial charge in [-0.05, 0) is 63.8 Å². The highest BCUT2D eigenvalue weighted by molar-refractivity contribution is 5.76. The summed E-state index contributed by atoms with van der Waals surface area (Å²) in [6.45, 7) is 12.5. The van der Waals surface area contributed by atoms with E-state index >= 15 is 0 Å². The van der Waals surface area contributed by atoms with E-state index in [2.05, 4.69) is 71.0 Å². The molecule has 1 nitrogen and oxygen atoms in total. The third-order valence-electron chi connectivity index (χ3n) is 3.59. The molecule has 2 N–H and O–H groups in total. The minimum absolute atomic E-state index is 0.822. The van der Waals surface area contributed by atoms with Gasteiger partial charge in [-0.3, -0.25) is 0 Å². The first kappa shape index (κ1) is 17.0.